The fourth-order valence-electron chi connectivity index (χ4n) is 1.11. The first kappa shape index (κ1) is 12.1. The number of anilines is 1. The molecule has 1 radical (unpaired) electrons. The van der Waals surface area contributed by atoms with Crippen LogP contribution in [0.2, 0.25) is 0 Å². The monoisotopic (exact) mass is 237 g/mol. The van der Waals surface area contributed by atoms with Crippen molar-refractivity contribution in [1.29, 1.82) is 0 Å². The van der Waals surface area contributed by atoms with Gasteiger partial charge in [-0.25, -0.2) is 0 Å². The van der Waals surface area contributed by atoms with Gasteiger partial charge in [-0.3, -0.25) is 0 Å². The van der Waals surface area contributed by atoms with Crippen molar-refractivity contribution in [1.82, 2.24) is 0 Å². The Labute approximate surface area is 100 Å². The van der Waals surface area contributed by atoms with E-state index in [2.05, 4.69) is 30.9 Å². The summed E-state index contributed by atoms with van der Waals surface area (Å²) in [7, 11) is 0. The number of rotatable bonds is 3. The van der Waals surface area contributed by atoms with Crippen molar-refractivity contribution in [3.63, 3.8) is 0 Å². The maximum atomic E-state index is 3.86. The Morgan fingerprint density at radius 2 is 1.83 bits per heavy atom. The van der Waals surface area contributed by atoms with Gasteiger partial charge in [-0.2, -0.15) is 0 Å². The Morgan fingerprint density at radius 3 is 2.25 bits per heavy atom. The van der Waals surface area contributed by atoms with Crippen LogP contribution in [0.15, 0.2) is 30.3 Å². The molecule has 0 N–H and O–H groups in total. The van der Waals surface area contributed by atoms with Gasteiger partial charge < -0.3 is 11.8 Å². The van der Waals surface area contributed by atoms with E-state index in [1.807, 2.05) is 18.2 Å². The van der Waals surface area contributed by atoms with Crippen LogP contribution < -0.4 is 4.90 Å². The molecule has 1 aromatic carbocycles. The van der Waals surface area contributed by atoms with Crippen molar-refractivity contribution in [3.8, 4) is 0 Å². The maximum Gasteiger partial charge on any atom is 0.0341 e. The van der Waals surface area contributed by atoms with Gasteiger partial charge in [-0.15, -0.1) is 6.54 Å². The topological polar surface area (TPSA) is 3.24 Å². The van der Waals surface area contributed by atoms with Crippen molar-refractivity contribution in [2.24, 2.45) is 0 Å². The largest absolute Gasteiger partial charge is 0.402 e. The minimum atomic E-state index is 0. The minimum Gasteiger partial charge on any atom is -0.402 e. The zero-order chi connectivity index (χ0) is 8.10. The van der Waals surface area contributed by atoms with E-state index in [1.165, 1.54) is 5.69 Å². The average molecular weight is 237 g/mol. The van der Waals surface area contributed by atoms with Gasteiger partial charge in [0.15, 0.2) is 0 Å². The zero-order valence-electron chi connectivity index (χ0n) is 7.53. The molecule has 0 saturated heterocycles. The molecule has 1 aromatic rings. The van der Waals surface area contributed by atoms with Crippen molar-refractivity contribution < 1.29 is 32.7 Å². The molecule has 0 aliphatic carbocycles. The van der Waals surface area contributed by atoms with Crippen molar-refractivity contribution in [2.75, 3.05) is 18.0 Å². The third kappa shape index (κ3) is 3.24. The molecule has 2 heteroatoms. The van der Waals surface area contributed by atoms with Gasteiger partial charge in [-0.1, -0.05) is 18.2 Å². The Kier molecular flexibility index (Phi) is 6.69. The van der Waals surface area contributed by atoms with Crippen LogP contribution in [-0.4, -0.2) is 13.1 Å². The summed E-state index contributed by atoms with van der Waals surface area (Å²) in [4.78, 5) is 2.22. The van der Waals surface area contributed by atoms with Crippen LogP contribution in [-0.2, 0) is 32.7 Å². The second kappa shape index (κ2) is 6.62. The Morgan fingerprint density at radius 1 is 1.25 bits per heavy atom. The molecule has 0 spiro atoms. The first-order chi connectivity index (χ1) is 5.38. The molecule has 0 unspecified atom stereocenters. The Hall–Kier alpha value is 0.124. The van der Waals surface area contributed by atoms with E-state index >= 15 is 0 Å². The van der Waals surface area contributed by atoms with Crippen molar-refractivity contribution in [2.45, 2.75) is 6.92 Å². The van der Waals surface area contributed by atoms with E-state index in [9.17, 15) is 0 Å². The van der Waals surface area contributed by atoms with E-state index in [0.29, 0.717) is 0 Å². The molecule has 1 rings (SSSR count). The molecule has 0 aliphatic rings. The number of nitrogens with zero attached hydrogens (tertiary/aromatic N) is 1. The zero-order valence-corrected chi connectivity index (χ0v) is 10.4. The van der Waals surface area contributed by atoms with E-state index in [-0.39, 0.29) is 32.7 Å². The van der Waals surface area contributed by atoms with Crippen LogP contribution in [0.5, 0.6) is 0 Å². The Bertz CT molecular complexity index is 194. The molecular weight excluding hydrogens is 223 g/mol. The van der Waals surface area contributed by atoms with Gasteiger partial charge in [-0.05, 0) is 19.1 Å². The fraction of sp³-hybridized carbons (Fsp3) is 0.300. The van der Waals surface area contributed by atoms with Crippen LogP contribution in [0.25, 0.3) is 0 Å². The van der Waals surface area contributed by atoms with Gasteiger partial charge in [0, 0.05) is 44.9 Å². The van der Waals surface area contributed by atoms with Gasteiger partial charge >= 0.3 is 0 Å². The average Bonchev–Trinajstić information content (AvgIpc) is 2.09. The molecular formula is C10H14NY-. The standard InChI is InChI=1S/C10H14N.Y/c1-3-11(4-2)10-8-6-5-7-9-10;/h5-9H,1,3-4H2,2H3;/q-1;. The molecule has 0 heterocycles. The molecule has 12 heavy (non-hydrogen) atoms. The van der Waals surface area contributed by atoms with Gasteiger partial charge in [0.05, 0.1) is 0 Å². The summed E-state index contributed by atoms with van der Waals surface area (Å²) in [5.74, 6) is 0. The van der Waals surface area contributed by atoms with Crippen molar-refractivity contribution in [3.05, 3.63) is 37.3 Å². The molecule has 63 valence electrons. The third-order valence-electron chi connectivity index (χ3n) is 1.77. The van der Waals surface area contributed by atoms with E-state index in [1.54, 1.807) is 0 Å². The van der Waals surface area contributed by atoms with Crippen LogP contribution >= 0.6 is 0 Å². The molecule has 1 nitrogen and oxygen atoms in total. The minimum absolute atomic E-state index is 0. The second-order valence-electron chi connectivity index (χ2n) is 2.42. The van der Waals surface area contributed by atoms with Gasteiger partial charge in [0.25, 0.3) is 0 Å². The number of hydrogen-bond acceptors (Lipinski definition) is 1. The number of benzene rings is 1. The SMILES string of the molecule is [CH2-]CN(CC)c1ccccc1.[Y]. The predicted octanol–water partition coefficient (Wildman–Crippen LogP) is 2.34. The van der Waals surface area contributed by atoms with Crippen molar-refractivity contribution >= 4 is 5.69 Å². The molecule has 0 aromatic heterocycles. The summed E-state index contributed by atoms with van der Waals surface area (Å²) in [6, 6.07) is 10.3. The fourth-order valence-corrected chi connectivity index (χ4v) is 1.11. The normalized spacial score (nSPS) is 8.83. The number of hydrogen-bond donors (Lipinski definition) is 0. The van der Waals surface area contributed by atoms with Crippen LogP contribution in [0.3, 0.4) is 0 Å². The van der Waals surface area contributed by atoms with E-state index < -0.39 is 0 Å². The summed E-state index contributed by atoms with van der Waals surface area (Å²) >= 11 is 0. The third-order valence-corrected chi connectivity index (χ3v) is 1.77. The van der Waals surface area contributed by atoms with Crippen LogP contribution in [0, 0.1) is 6.92 Å². The summed E-state index contributed by atoms with van der Waals surface area (Å²) in [6.07, 6.45) is 0. The quantitative estimate of drug-likeness (QED) is 0.729. The molecule has 0 saturated carbocycles. The van der Waals surface area contributed by atoms with Gasteiger partial charge in [0.2, 0.25) is 0 Å². The van der Waals surface area contributed by atoms with E-state index in [0.717, 1.165) is 13.1 Å². The summed E-state index contributed by atoms with van der Waals surface area (Å²) in [6.45, 7) is 7.85. The molecule has 0 fully saturated rings. The number of para-hydroxylation sites is 1. The van der Waals surface area contributed by atoms with E-state index in [4.69, 9.17) is 0 Å². The summed E-state index contributed by atoms with van der Waals surface area (Å²) in [5, 5.41) is 0. The smallest absolute Gasteiger partial charge is 0.0341 e. The molecule has 0 bridgehead atoms. The first-order valence-corrected chi connectivity index (χ1v) is 3.97. The predicted molar refractivity (Wildman–Crippen MR) is 49.7 cm³/mol. The van der Waals surface area contributed by atoms with Crippen LogP contribution in [0.4, 0.5) is 5.69 Å². The van der Waals surface area contributed by atoms with Gasteiger partial charge in [0.1, 0.15) is 0 Å². The molecule has 0 aliphatic heterocycles. The molecule has 0 atom stereocenters. The summed E-state index contributed by atoms with van der Waals surface area (Å²) < 4.78 is 0. The summed E-state index contributed by atoms with van der Waals surface area (Å²) in [5.41, 5.74) is 1.25. The Balaban J connectivity index is 0.00000121. The second-order valence-corrected chi connectivity index (χ2v) is 2.42. The molecule has 0 amide bonds. The van der Waals surface area contributed by atoms with Crippen LogP contribution in [0.1, 0.15) is 6.92 Å². The maximum absolute atomic E-state index is 3.86. The first-order valence-electron chi connectivity index (χ1n) is 3.97.